The van der Waals surface area contributed by atoms with Crippen molar-refractivity contribution in [3.05, 3.63) is 48.2 Å². The molecule has 0 spiro atoms. The number of hydrogen-bond acceptors (Lipinski definition) is 9. The minimum atomic E-state index is -0.965. The summed E-state index contributed by atoms with van der Waals surface area (Å²) in [6, 6.07) is 3.80. The van der Waals surface area contributed by atoms with Crippen LogP contribution in [0.15, 0.2) is 36.9 Å². The summed E-state index contributed by atoms with van der Waals surface area (Å²) in [5.41, 5.74) is 9.52. The van der Waals surface area contributed by atoms with Gasteiger partial charge in [0.05, 0.1) is 23.6 Å². The molecule has 5 rings (SSSR count). The number of rotatable bonds is 6. The van der Waals surface area contributed by atoms with Crippen molar-refractivity contribution in [2.24, 2.45) is 0 Å². The Balaban J connectivity index is 1.53. The van der Waals surface area contributed by atoms with Gasteiger partial charge in [0.15, 0.2) is 11.6 Å². The first-order valence-corrected chi connectivity index (χ1v) is 11.9. The second-order valence-corrected chi connectivity index (χ2v) is 9.57. The first-order chi connectivity index (χ1) is 16.7. The normalized spacial score (nSPS) is 18.3. The van der Waals surface area contributed by atoms with Crippen LogP contribution >= 0.6 is 0 Å². The van der Waals surface area contributed by atoms with Gasteiger partial charge in [-0.1, -0.05) is 13.0 Å². The summed E-state index contributed by atoms with van der Waals surface area (Å²) in [5.74, 6) is 1.66. The van der Waals surface area contributed by atoms with Crippen LogP contribution in [-0.2, 0) is 12.0 Å². The largest absolute Gasteiger partial charge is 0.393 e. The molecule has 0 aromatic carbocycles. The van der Waals surface area contributed by atoms with Crippen molar-refractivity contribution in [2.75, 3.05) is 11.1 Å². The molecule has 0 unspecified atom stereocenters. The lowest BCUT2D eigenvalue weighted by Gasteiger charge is -2.17. The molecule has 0 radical (unpaired) electrons. The molecule has 1 aliphatic carbocycles. The molecule has 4 aromatic heterocycles. The SMILES string of the molecule is CCc1nc2c(N)ncc(-c3cnn(-c4ccc(C(C)(C)O)cn4)c3)c2nc1N[C@@H]1CC[C@H](O)C1. The second-order valence-electron chi connectivity index (χ2n) is 9.57. The standard InChI is InChI=1S/C25H30N8O2/c1-4-19-24(30-16-6-7-17(34)9-16)32-21-18(12-28-23(26)22(21)31-19)14-10-29-33(13-14)20-8-5-15(11-27-20)25(2,3)35/h5,8,10-13,16-17,34-35H,4,6-7,9H2,1-3H3,(H2,26,28)(H,30,32)/t16-,17+/m1/s1. The van der Waals surface area contributed by atoms with Gasteiger partial charge in [-0.25, -0.2) is 24.6 Å². The number of fused-ring (bicyclic) bond motifs is 1. The number of aliphatic hydroxyl groups is 2. The molecule has 1 fully saturated rings. The summed E-state index contributed by atoms with van der Waals surface area (Å²) in [4.78, 5) is 18.5. The molecule has 4 heterocycles. The van der Waals surface area contributed by atoms with Crippen molar-refractivity contribution in [1.29, 1.82) is 0 Å². The highest BCUT2D eigenvalue weighted by Crippen LogP contribution is 2.32. The Morgan fingerprint density at radius 1 is 1.11 bits per heavy atom. The molecular weight excluding hydrogens is 444 g/mol. The average molecular weight is 475 g/mol. The predicted octanol–water partition coefficient (Wildman–Crippen LogP) is 2.97. The van der Waals surface area contributed by atoms with E-state index in [9.17, 15) is 10.2 Å². The van der Waals surface area contributed by atoms with Gasteiger partial charge in [-0.3, -0.25) is 0 Å². The van der Waals surface area contributed by atoms with Gasteiger partial charge in [0.2, 0.25) is 0 Å². The highest BCUT2D eigenvalue weighted by Gasteiger charge is 2.25. The maximum absolute atomic E-state index is 10.2. The lowest BCUT2D eigenvalue weighted by atomic mass is 10.0. The van der Waals surface area contributed by atoms with Gasteiger partial charge in [0, 0.05) is 41.3 Å². The van der Waals surface area contributed by atoms with Gasteiger partial charge in [-0.2, -0.15) is 5.10 Å². The van der Waals surface area contributed by atoms with Crippen LogP contribution in [0.1, 0.15) is 51.3 Å². The molecule has 2 atom stereocenters. The molecule has 0 bridgehead atoms. The number of pyridine rings is 2. The zero-order valence-corrected chi connectivity index (χ0v) is 20.1. The Bertz CT molecular complexity index is 1360. The summed E-state index contributed by atoms with van der Waals surface area (Å²) < 4.78 is 1.67. The van der Waals surface area contributed by atoms with Crippen LogP contribution in [0.4, 0.5) is 11.6 Å². The molecule has 182 valence electrons. The van der Waals surface area contributed by atoms with Crippen LogP contribution in [0, 0.1) is 0 Å². The lowest BCUT2D eigenvalue weighted by Crippen LogP contribution is -2.19. The minimum Gasteiger partial charge on any atom is -0.393 e. The quantitative estimate of drug-likeness (QED) is 0.331. The van der Waals surface area contributed by atoms with E-state index in [1.165, 1.54) is 0 Å². The fourth-order valence-electron chi connectivity index (χ4n) is 4.42. The zero-order chi connectivity index (χ0) is 24.7. The Morgan fingerprint density at radius 3 is 2.60 bits per heavy atom. The molecule has 35 heavy (non-hydrogen) atoms. The smallest absolute Gasteiger partial charge is 0.153 e. The van der Waals surface area contributed by atoms with E-state index in [4.69, 9.17) is 15.7 Å². The van der Waals surface area contributed by atoms with Gasteiger partial charge in [0.1, 0.15) is 16.9 Å². The van der Waals surface area contributed by atoms with Crippen LogP contribution in [0.2, 0.25) is 0 Å². The van der Waals surface area contributed by atoms with Gasteiger partial charge in [-0.05, 0) is 45.6 Å². The van der Waals surface area contributed by atoms with Crippen LogP contribution in [-0.4, -0.2) is 52.1 Å². The average Bonchev–Trinajstić information content (AvgIpc) is 3.48. The molecule has 0 saturated heterocycles. The molecule has 5 N–H and O–H groups in total. The lowest BCUT2D eigenvalue weighted by molar-refractivity contribution is 0.0782. The van der Waals surface area contributed by atoms with E-state index in [0.717, 1.165) is 35.2 Å². The van der Waals surface area contributed by atoms with Crippen LogP contribution in [0.5, 0.6) is 0 Å². The van der Waals surface area contributed by atoms with E-state index in [1.807, 2.05) is 25.3 Å². The molecule has 1 aliphatic rings. The fraction of sp³-hybridized carbons (Fsp3) is 0.400. The number of anilines is 2. The molecule has 0 aliphatic heterocycles. The number of aromatic nitrogens is 6. The highest BCUT2D eigenvalue weighted by atomic mass is 16.3. The number of nitrogens with two attached hydrogens (primary N) is 1. The summed E-state index contributed by atoms with van der Waals surface area (Å²) >= 11 is 0. The van der Waals surface area contributed by atoms with Crippen LogP contribution < -0.4 is 11.1 Å². The molecule has 10 nitrogen and oxygen atoms in total. The van der Waals surface area contributed by atoms with Crippen molar-refractivity contribution < 1.29 is 10.2 Å². The molecule has 1 saturated carbocycles. The summed E-state index contributed by atoms with van der Waals surface area (Å²) in [6.07, 6.45) is 9.70. The molecule has 10 heteroatoms. The van der Waals surface area contributed by atoms with Gasteiger partial charge >= 0.3 is 0 Å². The number of nitrogens with zero attached hydrogens (tertiary/aromatic N) is 6. The summed E-state index contributed by atoms with van der Waals surface area (Å²) in [7, 11) is 0. The maximum Gasteiger partial charge on any atom is 0.153 e. The first-order valence-electron chi connectivity index (χ1n) is 11.9. The van der Waals surface area contributed by atoms with E-state index in [-0.39, 0.29) is 12.1 Å². The van der Waals surface area contributed by atoms with E-state index in [0.29, 0.717) is 41.3 Å². The van der Waals surface area contributed by atoms with Gasteiger partial charge in [0.25, 0.3) is 0 Å². The number of aliphatic hydroxyl groups excluding tert-OH is 1. The Kier molecular flexibility index (Phi) is 5.86. The predicted molar refractivity (Wildman–Crippen MR) is 134 cm³/mol. The van der Waals surface area contributed by atoms with Crippen LogP contribution in [0.25, 0.3) is 28.0 Å². The number of hydrogen-bond donors (Lipinski definition) is 4. The summed E-state index contributed by atoms with van der Waals surface area (Å²) in [5, 5.41) is 28.1. The Labute approximate surface area is 203 Å². The molecule has 4 aromatic rings. The second kappa shape index (κ2) is 8.86. The van der Waals surface area contributed by atoms with Gasteiger partial charge < -0.3 is 21.3 Å². The third-order valence-corrected chi connectivity index (χ3v) is 6.46. The van der Waals surface area contributed by atoms with Crippen molar-refractivity contribution in [3.8, 4) is 16.9 Å². The van der Waals surface area contributed by atoms with Crippen molar-refractivity contribution >= 4 is 22.7 Å². The Hall–Kier alpha value is -3.63. The third-order valence-electron chi connectivity index (χ3n) is 6.46. The number of nitrogens with one attached hydrogen (secondary N) is 1. The van der Waals surface area contributed by atoms with E-state index in [1.54, 1.807) is 37.1 Å². The Morgan fingerprint density at radius 2 is 1.94 bits per heavy atom. The van der Waals surface area contributed by atoms with E-state index >= 15 is 0 Å². The topological polar surface area (TPSA) is 148 Å². The maximum atomic E-state index is 10.2. The van der Waals surface area contributed by atoms with E-state index < -0.39 is 5.60 Å². The zero-order valence-electron chi connectivity index (χ0n) is 20.1. The third kappa shape index (κ3) is 4.54. The summed E-state index contributed by atoms with van der Waals surface area (Å²) in [6.45, 7) is 5.47. The van der Waals surface area contributed by atoms with Crippen molar-refractivity contribution in [2.45, 2.75) is 64.2 Å². The van der Waals surface area contributed by atoms with Crippen LogP contribution in [0.3, 0.4) is 0 Å². The number of nitrogen functional groups attached to an aromatic ring is 1. The number of aryl methyl sites for hydroxylation is 1. The minimum absolute atomic E-state index is 0.158. The molecular formula is C25H30N8O2. The molecule has 0 amide bonds. The van der Waals surface area contributed by atoms with Gasteiger partial charge in [-0.15, -0.1) is 0 Å². The fourth-order valence-corrected chi connectivity index (χ4v) is 4.42. The van der Waals surface area contributed by atoms with E-state index in [2.05, 4.69) is 20.4 Å². The highest BCUT2D eigenvalue weighted by molar-refractivity contribution is 5.96. The monoisotopic (exact) mass is 474 g/mol. The van der Waals surface area contributed by atoms with Crippen molar-refractivity contribution in [3.63, 3.8) is 0 Å². The first kappa shape index (κ1) is 23.1. The van der Waals surface area contributed by atoms with Crippen molar-refractivity contribution in [1.82, 2.24) is 29.7 Å².